The molecule has 0 aromatic heterocycles. The predicted octanol–water partition coefficient (Wildman–Crippen LogP) is 0.363. The van der Waals surface area contributed by atoms with E-state index in [0.29, 0.717) is 5.04 Å². The fraction of sp³-hybridized carbons (Fsp3) is 1.00. The molecule has 0 saturated heterocycles. The van der Waals surface area contributed by atoms with Gasteiger partial charge in [0.15, 0.2) is 0 Å². The van der Waals surface area contributed by atoms with Gasteiger partial charge in [0.25, 0.3) is 0 Å². The first-order chi connectivity index (χ1) is 7.60. The van der Waals surface area contributed by atoms with Crippen LogP contribution < -0.4 is 17.2 Å². The summed E-state index contributed by atoms with van der Waals surface area (Å²) in [6.07, 6.45) is 7.27. The summed E-state index contributed by atoms with van der Waals surface area (Å²) in [5.74, 6) is 0.779. The van der Waals surface area contributed by atoms with Gasteiger partial charge >= 0.3 is 0 Å². The van der Waals surface area contributed by atoms with Crippen molar-refractivity contribution in [3.05, 3.63) is 0 Å². The van der Waals surface area contributed by atoms with Crippen LogP contribution in [0.25, 0.3) is 0 Å². The van der Waals surface area contributed by atoms with Crippen LogP contribution in [0.1, 0.15) is 45.4 Å². The second-order valence-electron chi connectivity index (χ2n) is 5.27. The molecule has 0 aromatic rings. The van der Waals surface area contributed by atoms with Gasteiger partial charge in [-0.1, -0.05) is 6.92 Å². The standard InChI is InChI=1S/C12H31N3Si/c1-11(5-2-8-13)12(16,6-3-9-14)7-4-10-15/h11H,2-10,13-15H2,1,16H3. The van der Waals surface area contributed by atoms with Gasteiger partial charge in [0.1, 0.15) is 0 Å². The maximum Gasteiger partial charge on any atom is 0.0110 e. The van der Waals surface area contributed by atoms with Gasteiger partial charge in [0.05, 0.1) is 0 Å². The quantitative estimate of drug-likeness (QED) is 0.486. The Kier molecular flexibility index (Phi) is 9.22. The van der Waals surface area contributed by atoms with E-state index in [2.05, 4.69) is 6.92 Å². The number of nitrogens with two attached hydrogens (primary N) is 3. The fourth-order valence-corrected chi connectivity index (χ4v) is 3.40. The van der Waals surface area contributed by atoms with Crippen molar-refractivity contribution in [1.29, 1.82) is 0 Å². The summed E-state index contributed by atoms with van der Waals surface area (Å²) < 4.78 is 0. The van der Waals surface area contributed by atoms with Crippen LogP contribution in [0.4, 0.5) is 0 Å². The minimum absolute atomic E-state index is 0.536. The third kappa shape index (κ3) is 5.99. The summed E-state index contributed by atoms with van der Waals surface area (Å²) in [7, 11) is 1.25. The average molecular weight is 245 g/mol. The van der Waals surface area contributed by atoms with E-state index in [1.165, 1.54) is 29.5 Å². The van der Waals surface area contributed by atoms with Crippen molar-refractivity contribution in [1.82, 2.24) is 0 Å². The van der Waals surface area contributed by atoms with Gasteiger partial charge < -0.3 is 17.2 Å². The Morgan fingerprint density at radius 1 is 0.938 bits per heavy atom. The van der Waals surface area contributed by atoms with Crippen molar-refractivity contribution in [2.45, 2.75) is 50.5 Å². The van der Waals surface area contributed by atoms with Gasteiger partial charge in [0, 0.05) is 10.2 Å². The summed E-state index contributed by atoms with van der Waals surface area (Å²) in [6.45, 7) is 4.83. The first-order valence-electron chi connectivity index (χ1n) is 6.71. The van der Waals surface area contributed by atoms with Crippen LogP contribution in [0.5, 0.6) is 0 Å². The fourth-order valence-electron chi connectivity index (χ4n) is 2.40. The highest BCUT2D eigenvalue weighted by Crippen LogP contribution is 2.43. The normalized spacial score (nSPS) is 14.2. The zero-order valence-corrected chi connectivity index (χ0v) is 13.2. The van der Waals surface area contributed by atoms with Crippen molar-refractivity contribution in [3.8, 4) is 0 Å². The monoisotopic (exact) mass is 245 g/mol. The summed E-state index contributed by atoms with van der Waals surface area (Å²) in [4.78, 5) is 0. The van der Waals surface area contributed by atoms with Crippen molar-refractivity contribution in [2.75, 3.05) is 19.6 Å². The molecule has 98 valence electrons. The molecule has 3 nitrogen and oxygen atoms in total. The average Bonchev–Trinajstić information content (AvgIpc) is 2.30. The second-order valence-corrected chi connectivity index (χ2v) is 7.26. The first kappa shape index (κ1) is 16.1. The Hall–Kier alpha value is 0.0969. The molecule has 0 aliphatic rings. The zero-order chi connectivity index (χ0) is 12.4. The summed E-state index contributed by atoms with van der Waals surface area (Å²) >= 11 is 0. The summed E-state index contributed by atoms with van der Waals surface area (Å²) in [6, 6.07) is 0. The van der Waals surface area contributed by atoms with Crippen LogP contribution in [0, 0.1) is 5.92 Å². The Morgan fingerprint density at radius 2 is 1.38 bits per heavy atom. The molecule has 16 heavy (non-hydrogen) atoms. The minimum atomic E-state index is 0.536. The Labute approximate surface area is 104 Å². The Morgan fingerprint density at radius 3 is 1.75 bits per heavy atom. The van der Waals surface area contributed by atoms with E-state index in [1.807, 2.05) is 0 Å². The lowest BCUT2D eigenvalue weighted by Crippen LogP contribution is -2.25. The third-order valence-corrected chi connectivity index (χ3v) is 5.92. The van der Waals surface area contributed by atoms with E-state index in [1.54, 1.807) is 0 Å². The van der Waals surface area contributed by atoms with Crippen LogP contribution in [0.2, 0.25) is 5.04 Å². The molecule has 0 radical (unpaired) electrons. The molecule has 6 N–H and O–H groups in total. The molecule has 0 bridgehead atoms. The van der Waals surface area contributed by atoms with E-state index in [4.69, 9.17) is 17.2 Å². The largest absolute Gasteiger partial charge is 0.330 e. The summed E-state index contributed by atoms with van der Waals surface area (Å²) in [5, 5.41) is 0.536. The van der Waals surface area contributed by atoms with E-state index in [0.717, 1.165) is 44.8 Å². The highest BCUT2D eigenvalue weighted by Gasteiger charge is 2.29. The van der Waals surface area contributed by atoms with Crippen molar-refractivity contribution < 1.29 is 0 Å². The van der Waals surface area contributed by atoms with Gasteiger partial charge in [-0.15, -0.1) is 0 Å². The van der Waals surface area contributed by atoms with Crippen LogP contribution in [-0.2, 0) is 0 Å². The van der Waals surface area contributed by atoms with Crippen LogP contribution >= 0.6 is 0 Å². The molecule has 0 amide bonds. The Balaban J connectivity index is 4.24. The van der Waals surface area contributed by atoms with E-state index in [-0.39, 0.29) is 0 Å². The van der Waals surface area contributed by atoms with E-state index >= 15 is 0 Å². The highest BCUT2D eigenvalue weighted by molar-refractivity contribution is 6.15. The van der Waals surface area contributed by atoms with Gasteiger partial charge in [-0.25, -0.2) is 0 Å². The summed E-state index contributed by atoms with van der Waals surface area (Å²) in [5.41, 5.74) is 16.9. The molecule has 1 atom stereocenters. The van der Waals surface area contributed by atoms with Gasteiger partial charge in [-0.3, -0.25) is 0 Å². The Bertz CT molecular complexity index is 156. The molecule has 4 heteroatoms. The second kappa shape index (κ2) is 9.16. The molecule has 0 aromatic carbocycles. The molecular weight excluding hydrogens is 214 g/mol. The molecule has 0 spiro atoms. The molecule has 0 aliphatic carbocycles. The maximum atomic E-state index is 5.64. The third-order valence-electron chi connectivity index (χ3n) is 3.94. The van der Waals surface area contributed by atoms with Gasteiger partial charge in [-0.05, 0) is 69.1 Å². The SMILES string of the molecule is CC(CCCN)C([SiH3])(CCCN)CCCN. The number of hydrogen-bond donors (Lipinski definition) is 3. The molecule has 0 fully saturated rings. The maximum absolute atomic E-state index is 5.64. The highest BCUT2D eigenvalue weighted by atomic mass is 28.1. The van der Waals surface area contributed by atoms with E-state index < -0.39 is 0 Å². The number of hydrogen-bond acceptors (Lipinski definition) is 3. The molecule has 0 saturated carbocycles. The van der Waals surface area contributed by atoms with Crippen LogP contribution in [0.3, 0.4) is 0 Å². The molecule has 1 unspecified atom stereocenters. The lowest BCUT2D eigenvalue weighted by atomic mass is 9.82. The predicted molar refractivity (Wildman–Crippen MR) is 76.7 cm³/mol. The van der Waals surface area contributed by atoms with Crippen molar-refractivity contribution in [2.24, 2.45) is 23.1 Å². The minimum Gasteiger partial charge on any atom is -0.330 e. The van der Waals surface area contributed by atoms with Crippen molar-refractivity contribution in [3.63, 3.8) is 0 Å². The molecule has 0 aliphatic heterocycles. The lowest BCUT2D eigenvalue weighted by Gasteiger charge is -2.36. The smallest absolute Gasteiger partial charge is 0.0110 e. The zero-order valence-electron chi connectivity index (χ0n) is 11.2. The van der Waals surface area contributed by atoms with Crippen LogP contribution in [-0.4, -0.2) is 29.9 Å². The van der Waals surface area contributed by atoms with Gasteiger partial charge in [0.2, 0.25) is 0 Å². The topological polar surface area (TPSA) is 78.1 Å². The van der Waals surface area contributed by atoms with E-state index in [9.17, 15) is 0 Å². The van der Waals surface area contributed by atoms with Gasteiger partial charge in [-0.2, -0.15) is 0 Å². The molecule has 0 heterocycles. The molecule has 0 rings (SSSR count). The molecular formula is C12H31N3Si. The van der Waals surface area contributed by atoms with Crippen molar-refractivity contribution >= 4 is 10.2 Å². The van der Waals surface area contributed by atoms with Crippen LogP contribution in [0.15, 0.2) is 0 Å². The number of rotatable bonds is 10. The lowest BCUT2D eigenvalue weighted by molar-refractivity contribution is 0.307. The first-order valence-corrected chi connectivity index (χ1v) is 7.71.